The molecule has 2 aromatic rings. The molecule has 0 aliphatic rings. The lowest BCUT2D eigenvalue weighted by Crippen LogP contribution is -2.27. The molecule has 0 aromatic heterocycles. The summed E-state index contributed by atoms with van der Waals surface area (Å²) in [5.41, 5.74) is -2.18. The number of hydrogen-bond acceptors (Lipinski definition) is 6. The van der Waals surface area contributed by atoms with Gasteiger partial charge in [0, 0.05) is 22.3 Å². The summed E-state index contributed by atoms with van der Waals surface area (Å²) in [6.45, 7) is 21.8. The molecule has 0 saturated heterocycles. The van der Waals surface area contributed by atoms with Crippen molar-refractivity contribution in [2.45, 2.75) is 111 Å². The first-order valence-electron chi connectivity index (χ1n) is 13.0. The number of carboxylic acids is 2. The van der Waals surface area contributed by atoms with Gasteiger partial charge in [0.2, 0.25) is 0 Å². The van der Waals surface area contributed by atoms with E-state index in [1.54, 1.807) is 0 Å². The molecule has 0 saturated carbocycles. The van der Waals surface area contributed by atoms with Crippen LogP contribution in [0, 0.1) is 0 Å². The minimum Gasteiger partial charge on any atom is -0.507 e. The molecule has 0 radical (unpaired) electrons. The van der Waals surface area contributed by atoms with E-state index in [0.29, 0.717) is 33.4 Å². The summed E-state index contributed by atoms with van der Waals surface area (Å²) in [5.74, 6) is -5.17. The quantitative estimate of drug-likeness (QED) is 0.249. The Morgan fingerprint density at radius 1 is 0.462 bits per heavy atom. The number of aromatic carboxylic acids is 2. The van der Waals surface area contributed by atoms with Crippen molar-refractivity contribution >= 4 is 11.9 Å². The summed E-state index contributed by atoms with van der Waals surface area (Å²) in [6, 6.07) is 0. The van der Waals surface area contributed by atoms with Crippen LogP contribution in [0.4, 0.5) is 0 Å². The lowest BCUT2D eigenvalue weighted by Gasteiger charge is -2.36. The van der Waals surface area contributed by atoms with Crippen molar-refractivity contribution in [1.29, 1.82) is 0 Å². The third-order valence-electron chi connectivity index (χ3n) is 6.88. The van der Waals surface area contributed by atoms with Gasteiger partial charge in [-0.1, -0.05) is 83.1 Å². The third-order valence-corrected chi connectivity index (χ3v) is 6.88. The van der Waals surface area contributed by atoms with Gasteiger partial charge in [-0.05, 0) is 39.2 Å². The van der Waals surface area contributed by atoms with Crippen molar-refractivity contribution in [3.8, 4) is 23.0 Å². The van der Waals surface area contributed by atoms with Crippen LogP contribution in [-0.2, 0) is 28.1 Å². The Kier molecular flexibility index (Phi) is 7.86. The van der Waals surface area contributed by atoms with Gasteiger partial charge in [0.15, 0.2) is 0 Å². The summed E-state index contributed by atoms with van der Waals surface area (Å²) in [5, 5.41) is 65.0. The lowest BCUT2D eigenvalue weighted by molar-refractivity contribution is 0.0677. The highest BCUT2D eigenvalue weighted by Gasteiger charge is 2.40. The van der Waals surface area contributed by atoms with E-state index in [2.05, 4.69) is 0 Å². The highest BCUT2D eigenvalue weighted by Crippen LogP contribution is 2.52. The van der Waals surface area contributed by atoms with Gasteiger partial charge < -0.3 is 30.6 Å². The molecule has 0 aliphatic carbocycles. The molecule has 0 aliphatic heterocycles. The van der Waals surface area contributed by atoms with E-state index in [1.165, 1.54) is 0 Å². The van der Waals surface area contributed by atoms with Crippen LogP contribution in [0.15, 0.2) is 0 Å². The van der Waals surface area contributed by atoms with E-state index in [1.807, 2.05) is 83.1 Å². The van der Waals surface area contributed by atoms with Crippen LogP contribution in [0.5, 0.6) is 23.0 Å². The Morgan fingerprint density at radius 3 is 0.769 bits per heavy atom. The molecule has 0 heterocycles. The molecule has 0 fully saturated rings. The predicted molar refractivity (Wildman–Crippen MR) is 151 cm³/mol. The molecule has 216 valence electrons. The standard InChI is InChI=1S/C31H44O8/c1-28(2,3)18-14(19(29(4,5)6)23(33)16(22(18)32)26(36)37)13-15-20(30(7,8)9)24(34)17(27(38)39)25(35)21(15)31(10,11)12/h32-35H,13H2,1-12H3,(H,36,37)(H,38,39). The van der Waals surface area contributed by atoms with Crippen LogP contribution in [0.3, 0.4) is 0 Å². The molecule has 0 bridgehead atoms. The Labute approximate surface area is 231 Å². The first-order chi connectivity index (χ1) is 17.3. The van der Waals surface area contributed by atoms with E-state index < -0.39 is 67.7 Å². The molecule has 8 heteroatoms. The van der Waals surface area contributed by atoms with Crippen molar-refractivity contribution in [3.05, 3.63) is 44.5 Å². The molecule has 0 unspecified atom stereocenters. The first kappa shape index (κ1) is 31.8. The smallest absolute Gasteiger partial charge is 0.343 e. The Hall–Kier alpha value is -3.42. The average molecular weight is 545 g/mol. The van der Waals surface area contributed by atoms with Gasteiger partial charge in [-0.2, -0.15) is 0 Å². The van der Waals surface area contributed by atoms with Crippen molar-refractivity contribution < 1.29 is 40.2 Å². The predicted octanol–water partition coefficient (Wildman–Crippen LogP) is 6.69. The molecule has 6 N–H and O–H groups in total. The van der Waals surface area contributed by atoms with E-state index >= 15 is 0 Å². The summed E-state index contributed by atoms with van der Waals surface area (Å²) < 4.78 is 0. The van der Waals surface area contributed by atoms with E-state index in [4.69, 9.17) is 0 Å². The van der Waals surface area contributed by atoms with Gasteiger partial charge >= 0.3 is 11.9 Å². The number of carboxylic acid groups (broad SMARTS) is 2. The van der Waals surface area contributed by atoms with Crippen LogP contribution < -0.4 is 0 Å². The molecule has 0 amide bonds. The Balaban J connectivity index is 3.38. The summed E-state index contributed by atoms with van der Waals surface area (Å²) in [4.78, 5) is 24.4. The van der Waals surface area contributed by atoms with Crippen LogP contribution in [0.1, 0.15) is 137 Å². The topological polar surface area (TPSA) is 156 Å². The van der Waals surface area contributed by atoms with Crippen LogP contribution >= 0.6 is 0 Å². The van der Waals surface area contributed by atoms with E-state index in [0.717, 1.165) is 0 Å². The molecular weight excluding hydrogens is 500 g/mol. The fourth-order valence-electron chi connectivity index (χ4n) is 5.71. The van der Waals surface area contributed by atoms with E-state index in [-0.39, 0.29) is 6.42 Å². The van der Waals surface area contributed by atoms with Gasteiger partial charge in [-0.15, -0.1) is 0 Å². The van der Waals surface area contributed by atoms with Gasteiger partial charge in [0.25, 0.3) is 0 Å². The summed E-state index contributed by atoms with van der Waals surface area (Å²) in [7, 11) is 0. The maximum absolute atomic E-state index is 12.2. The average Bonchev–Trinajstić information content (AvgIpc) is 2.62. The fraction of sp³-hybridized carbons (Fsp3) is 0.548. The van der Waals surface area contributed by atoms with Gasteiger partial charge in [-0.3, -0.25) is 0 Å². The highest BCUT2D eigenvalue weighted by atomic mass is 16.4. The Morgan fingerprint density at radius 2 is 0.641 bits per heavy atom. The van der Waals surface area contributed by atoms with Crippen molar-refractivity contribution in [2.24, 2.45) is 0 Å². The minimum absolute atomic E-state index is 0.0273. The van der Waals surface area contributed by atoms with Crippen molar-refractivity contribution in [1.82, 2.24) is 0 Å². The molecule has 0 atom stereocenters. The maximum Gasteiger partial charge on any atom is 0.343 e. The zero-order valence-corrected chi connectivity index (χ0v) is 25.2. The largest absolute Gasteiger partial charge is 0.507 e. The molecule has 8 nitrogen and oxygen atoms in total. The molecule has 2 rings (SSSR count). The molecule has 39 heavy (non-hydrogen) atoms. The van der Waals surface area contributed by atoms with Crippen molar-refractivity contribution in [3.63, 3.8) is 0 Å². The monoisotopic (exact) mass is 544 g/mol. The number of rotatable bonds is 4. The van der Waals surface area contributed by atoms with Crippen LogP contribution in [0.25, 0.3) is 0 Å². The number of aromatic hydroxyl groups is 4. The summed E-state index contributed by atoms with van der Waals surface area (Å²) >= 11 is 0. The number of phenols is 4. The normalized spacial score (nSPS) is 13.0. The second kappa shape index (κ2) is 9.65. The lowest BCUT2D eigenvalue weighted by atomic mass is 9.68. The highest BCUT2D eigenvalue weighted by molar-refractivity contribution is 5.97. The maximum atomic E-state index is 12.2. The Bertz CT molecular complexity index is 1150. The van der Waals surface area contributed by atoms with Crippen LogP contribution in [0.2, 0.25) is 0 Å². The molecule has 0 spiro atoms. The van der Waals surface area contributed by atoms with Gasteiger partial charge in [0.05, 0.1) is 0 Å². The summed E-state index contributed by atoms with van der Waals surface area (Å²) in [6.07, 6.45) is -0.0273. The van der Waals surface area contributed by atoms with Crippen LogP contribution in [-0.4, -0.2) is 42.6 Å². The van der Waals surface area contributed by atoms with Crippen molar-refractivity contribution in [2.75, 3.05) is 0 Å². The molecular formula is C31H44O8. The fourth-order valence-corrected chi connectivity index (χ4v) is 5.71. The first-order valence-corrected chi connectivity index (χ1v) is 13.0. The zero-order valence-electron chi connectivity index (χ0n) is 25.2. The number of hydrogen-bond donors (Lipinski definition) is 6. The SMILES string of the molecule is CC(C)(C)c1c(O)c(C(=O)O)c(O)c(C(C)(C)C)c1Cc1c(C(C)(C)C)c(O)c(C(=O)O)c(O)c1C(C)(C)C. The van der Waals surface area contributed by atoms with Gasteiger partial charge in [-0.25, -0.2) is 9.59 Å². The number of carbonyl (C=O) groups is 2. The third kappa shape index (κ3) is 5.65. The zero-order chi connectivity index (χ0) is 30.8. The van der Waals surface area contributed by atoms with Gasteiger partial charge in [0.1, 0.15) is 34.1 Å². The second-order valence-corrected chi connectivity index (χ2v) is 14.4. The number of benzene rings is 2. The molecule has 2 aromatic carbocycles. The van der Waals surface area contributed by atoms with E-state index in [9.17, 15) is 40.2 Å². The minimum atomic E-state index is -1.47. The second-order valence-electron chi connectivity index (χ2n) is 14.4.